The van der Waals surface area contributed by atoms with Crippen molar-refractivity contribution < 1.29 is 9.53 Å². The lowest BCUT2D eigenvalue weighted by atomic mass is 10.1. The molecule has 0 bridgehead atoms. The van der Waals surface area contributed by atoms with E-state index in [9.17, 15) is 4.79 Å². The Morgan fingerprint density at radius 1 is 1.17 bits per heavy atom. The average Bonchev–Trinajstić information content (AvgIpc) is 3.38. The second kappa shape index (κ2) is 8.50. The maximum atomic E-state index is 12.4. The van der Waals surface area contributed by atoms with Crippen molar-refractivity contribution in [2.45, 2.75) is 13.3 Å². The van der Waals surface area contributed by atoms with Gasteiger partial charge in [-0.05, 0) is 31.2 Å². The minimum atomic E-state index is -0.148. The summed E-state index contributed by atoms with van der Waals surface area (Å²) in [5, 5.41) is 8.07. The van der Waals surface area contributed by atoms with Crippen molar-refractivity contribution in [2.75, 3.05) is 12.4 Å². The Hall–Kier alpha value is -3.10. The first-order valence-corrected chi connectivity index (χ1v) is 10.6. The summed E-state index contributed by atoms with van der Waals surface area (Å²) < 4.78 is 5.43. The van der Waals surface area contributed by atoms with Gasteiger partial charge >= 0.3 is 0 Å². The van der Waals surface area contributed by atoms with E-state index in [-0.39, 0.29) is 12.3 Å². The van der Waals surface area contributed by atoms with Crippen molar-refractivity contribution in [2.24, 2.45) is 0 Å². The molecular weight excluding hydrogens is 404 g/mol. The van der Waals surface area contributed by atoms with E-state index in [0.717, 1.165) is 38.8 Å². The first-order chi connectivity index (χ1) is 14.1. The van der Waals surface area contributed by atoms with Crippen molar-refractivity contribution in [3.63, 3.8) is 0 Å². The van der Waals surface area contributed by atoms with Gasteiger partial charge < -0.3 is 10.1 Å². The van der Waals surface area contributed by atoms with Crippen LogP contribution in [0.5, 0.6) is 5.75 Å². The highest BCUT2D eigenvalue weighted by atomic mass is 32.1. The molecule has 29 heavy (non-hydrogen) atoms. The van der Waals surface area contributed by atoms with Crippen LogP contribution >= 0.6 is 22.7 Å². The lowest BCUT2D eigenvalue weighted by Gasteiger charge is -2.07. The van der Waals surface area contributed by atoms with E-state index in [0.29, 0.717) is 5.13 Å². The molecule has 1 N–H and O–H groups in total. The summed E-state index contributed by atoms with van der Waals surface area (Å²) in [5.41, 5.74) is 4.47. The highest BCUT2D eigenvalue weighted by molar-refractivity contribution is 7.14. The second-order valence-corrected chi connectivity index (χ2v) is 8.07. The Bertz CT molecular complexity index is 1140. The van der Waals surface area contributed by atoms with Crippen LogP contribution in [-0.4, -0.2) is 28.0 Å². The van der Waals surface area contributed by atoms with Crippen molar-refractivity contribution in [1.82, 2.24) is 15.0 Å². The molecule has 0 atom stereocenters. The number of amides is 1. The summed E-state index contributed by atoms with van der Waals surface area (Å²) in [6.07, 6.45) is 3.68. The lowest BCUT2D eigenvalue weighted by Crippen LogP contribution is -2.14. The van der Waals surface area contributed by atoms with Gasteiger partial charge in [-0.25, -0.2) is 9.97 Å². The summed E-state index contributed by atoms with van der Waals surface area (Å²) in [6.45, 7) is 2.02. The number of thiazole rings is 2. The molecule has 6 nitrogen and oxygen atoms in total. The van der Waals surface area contributed by atoms with E-state index in [1.54, 1.807) is 19.5 Å². The molecule has 8 heteroatoms. The third-order valence-electron chi connectivity index (χ3n) is 4.18. The van der Waals surface area contributed by atoms with Gasteiger partial charge in [0.25, 0.3) is 0 Å². The zero-order chi connectivity index (χ0) is 20.2. The van der Waals surface area contributed by atoms with Crippen LogP contribution in [0, 0.1) is 6.92 Å². The topological polar surface area (TPSA) is 77.0 Å². The molecule has 0 saturated heterocycles. The van der Waals surface area contributed by atoms with Gasteiger partial charge in [-0.1, -0.05) is 11.6 Å². The molecule has 0 aliphatic rings. The fraction of sp³-hybridized carbons (Fsp3) is 0.143. The third kappa shape index (κ3) is 4.49. The van der Waals surface area contributed by atoms with Gasteiger partial charge in [0.15, 0.2) is 5.13 Å². The number of hydrogen-bond acceptors (Lipinski definition) is 7. The zero-order valence-electron chi connectivity index (χ0n) is 15.9. The first-order valence-electron chi connectivity index (χ1n) is 8.87. The van der Waals surface area contributed by atoms with E-state index in [4.69, 9.17) is 4.74 Å². The normalized spacial score (nSPS) is 10.7. The number of anilines is 1. The van der Waals surface area contributed by atoms with Crippen LogP contribution in [0.15, 0.2) is 53.5 Å². The summed E-state index contributed by atoms with van der Waals surface area (Å²) in [5.74, 6) is 0.606. The highest BCUT2D eigenvalue weighted by Crippen LogP contribution is 2.33. The standard InChI is InChI=1S/C21H18N4O2S2/c1-13-5-6-18(27-2)16(8-13)17-12-29-21(24-17)25-19(26)9-15-11-28-20(23-15)14-4-3-7-22-10-14/h3-8,10-12H,9H2,1-2H3,(H,24,25,26). The molecule has 4 aromatic rings. The van der Waals surface area contributed by atoms with Crippen LogP contribution in [0.4, 0.5) is 5.13 Å². The summed E-state index contributed by atoms with van der Waals surface area (Å²) in [7, 11) is 1.64. The van der Waals surface area contributed by atoms with Gasteiger partial charge in [-0.3, -0.25) is 9.78 Å². The van der Waals surface area contributed by atoms with Gasteiger partial charge in [0.1, 0.15) is 10.8 Å². The average molecular weight is 423 g/mol. The van der Waals surface area contributed by atoms with Crippen molar-refractivity contribution in [3.05, 3.63) is 64.7 Å². The summed E-state index contributed by atoms with van der Waals surface area (Å²) in [6, 6.07) is 9.75. The fourth-order valence-corrected chi connectivity index (χ4v) is 4.35. The molecule has 0 aliphatic heterocycles. The Kier molecular flexibility index (Phi) is 5.64. The molecule has 0 radical (unpaired) electrons. The number of nitrogens with one attached hydrogen (secondary N) is 1. The fourth-order valence-electron chi connectivity index (χ4n) is 2.81. The number of methoxy groups -OCH3 is 1. The molecule has 1 amide bonds. The summed E-state index contributed by atoms with van der Waals surface area (Å²) in [4.78, 5) is 25.6. The Morgan fingerprint density at radius 3 is 2.86 bits per heavy atom. The Morgan fingerprint density at radius 2 is 2.07 bits per heavy atom. The molecule has 0 aliphatic carbocycles. The number of pyridine rings is 1. The van der Waals surface area contributed by atoms with Gasteiger partial charge in [0.2, 0.25) is 5.91 Å². The molecule has 0 spiro atoms. The smallest absolute Gasteiger partial charge is 0.232 e. The number of benzene rings is 1. The van der Waals surface area contributed by atoms with Crippen LogP contribution in [0.2, 0.25) is 0 Å². The molecule has 3 heterocycles. The molecule has 3 aromatic heterocycles. The molecular formula is C21H18N4O2S2. The molecule has 1 aromatic carbocycles. The maximum Gasteiger partial charge on any atom is 0.232 e. The van der Waals surface area contributed by atoms with E-state index in [1.807, 2.05) is 48.0 Å². The second-order valence-electron chi connectivity index (χ2n) is 6.35. The maximum absolute atomic E-state index is 12.4. The largest absolute Gasteiger partial charge is 0.496 e. The SMILES string of the molecule is COc1ccc(C)cc1-c1csc(NC(=O)Cc2csc(-c3cccnc3)n2)n1. The molecule has 0 saturated carbocycles. The minimum absolute atomic E-state index is 0.148. The minimum Gasteiger partial charge on any atom is -0.496 e. The van der Waals surface area contributed by atoms with Crippen LogP contribution in [0.1, 0.15) is 11.3 Å². The molecule has 146 valence electrons. The number of ether oxygens (including phenoxy) is 1. The first kappa shape index (κ1) is 19.2. The van der Waals surface area contributed by atoms with Gasteiger partial charge in [-0.15, -0.1) is 22.7 Å². The highest BCUT2D eigenvalue weighted by Gasteiger charge is 2.14. The quantitative estimate of drug-likeness (QED) is 0.482. The summed E-state index contributed by atoms with van der Waals surface area (Å²) >= 11 is 2.89. The van der Waals surface area contributed by atoms with E-state index >= 15 is 0 Å². The number of nitrogens with zero attached hydrogens (tertiary/aromatic N) is 3. The molecule has 4 rings (SSSR count). The van der Waals surface area contributed by atoms with E-state index < -0.39 is 0 Å². The van der Waals surface area contributed by atoms with Gasteiger partial charge in [0.05, 0.1) is 24.9 Å². The molecule has 0 unspecified atom stereocenters. The number of aryl methyl sites for hydroxylation is 1. The number of carbonyl (C=O) groups is 1. The molecule has 0 fully saturated rings. The van der Waals surface area contributed by atoms with Crippen LogP contribution in [0.25, 0.3) is 21.8 Å². The van der Waals surface area contributed by atoms with Crippen molar-refractivity contribution in [1.29, 1.82) is 0 Å². The van der Waals surface area contributed by atoms with Crippen LogP contribution < -0.4 is 10.1 Å². The van der Waals surface area contributed by atoms with E-state index in [2.05, 4.69) is 20.3 Å². The lowest BCUT2D eigenvalue weighted by molar-refractivity contribution is -0.115. The number of hydrogen-bond donors (Lipinski definition) is 1. The van der Waals surface area contributed by atoms with Crippen LogP contribution in [0.3, 0.4) is 0 Å². The number of aromatic nitrogens is 3. The number of carbonyl (C=O) groups excluding carboxylic acids is 1. The monoisotopic (exact) mass is 422 g/mol. The Labute approximate surface area is 176 Å². The number of rotatable bonds is 6. The van der Waals surface area contributed by atoms with Crippen molar-refractivity contribution in [3.8, 4) is 27.6 Å². The zero-order valence-corrected chi connectivity index (χ0v) is 17.5. The van der Waals surface area contributed by atoms with Gasteiger partial charge in [-0.2, -0.15) is 0 Å². The third-order valence-corrected chi connectivity index (χ3v) is 5.88. The predicted molar refractivity (Wildman–Crippen MR) is 117 cm³/mol. The van der Waals surface area contributed by atoms with E-state index in [1.165, 1.54) is 22.7 Å². The van der Waals surface area contributed by atoms with Crippen molar-refractivity contribution >= 4 is 33.7 Å². The van der Waals surface area contributed by atoms with Gasteiger partial charge in [0, 0.05) is 34.3 Å². The predicted octanol–water partition coefficient (Wildman–Crippen LogP) is 4.83. The Balaban J connectivity index is 1.44. The van der Waals surface area contributed by atoms with Crippen LogP contribution in [-0.2, 0) is 11.2 Å².